The zero-order valence-corrected chi connectivity index (χ0v) is 9.52. The van der Waals surface area contributed by atoms with Crippen molar-refractivity contribution < 1.29 is 19.1 Å². The predicted molar refractivity (Wildman–Crippen MR) is 55.7 cm³/mol. The van der Waals surface area contributed by atoms with Gasteiger partial charge in [0, 0.05) is 0 Å². The fraction of sp³-hybridized carbons (Fsp3) is 0.667. The van der Waals surface area contributed by atoms with E-state index in [9.17, 15) is 14.4 Å². The minimum Gasteiger partial charge on any atom is -0.464 e. The highest BCUT2D eigenvalue weighted by Crippen LogP contribution is 2.17. The van der Waals surface area contributed by atoms with Crippen molar-refractivity contribution in [3.63, 3.8) is 0 Å². The molecule has 0 unspecified atom stereocenters. The van der Waals surface area contributed by atoms with Crippen molar-refractivity contribution in [2.24, 2.45) is 0 Å². The molecular weight excluding hydrogens is 228 g/mol. The average Bonchev–Trinajstić information content (AvgIpc) is 2.72. The number of hydrogen-bond acceptors (Lipinski definition) is 4. The van der Waals surface area contributed by atoms with Crippen LogP contribution < -0.4 is 16.0 Å². The highest BCUT2D eigenvalue weighted by atomic mass is 16.5. The lowest BCUT2D eigenvalue weighted by atomic mass is 10.2. The molecule has 0 spiro atoms. The standard InChI is InChI=1S/C9H14N4O4/c1-3-17-7(14)4(2)13-6-5(11-9(13)16)10-8(15)12-6/h4-6H,3H2,1-2H3,(H,11,16)(H2,10,12,15)/t4-,5+,6+/m1/s1. The number of hydrogen-bond donors (Lipinski definition) is 3. The van der Waals surface area contributed by atoms with E-state index in [1.807, 2.05) is 0 Å². The van der Waals surface area contributed by atoms with Gasteiger partial charge in [-0.25, -0.2) is 14.4 Å². The van der Waals surface area contributed by atoms with E-state index < -0.39 is 30.4 Å². The van der Waals surface area contributed by atoms with Crippen LogP contribution in [0.3, 0.4) is 0 Å². The highest BCUT2D eigenvalue weighted by molar-refractivity contribution is 5.88. The lowest BCUT2D eigenvalue weighted by Crippen LogP contribution is -2.51. The molecule has 0 aromatic heterocycles. The number of ether oxygens (including phenoxy) is 1. The van der Waals surface area contributed by atoms with Crippen LogP contribution in [0.2, 0.25) is 0 Å². The predicted octanol–water partition coefficient (Wildman–Crippen LogP) is -1.07. The number of esters is 1. The maximum absolute atomic E-state index is 11.7. The summed E-state index contributed by atoms with van der Waals surface area (Å²) in [6.45, 7) is 3.50. The van der Waals surface area contributed by atoms with Gasteiger partial charge in [-0.05, 0) is 13.8 Å². The number of amides is 4. The SMILES string of the molecule is CCOC(=O)[C@@H](C)N1C(=O)N[C@@H]2NC(=O)N[C@H]21. The van der Waals surface area contributed by atoms with E-state index in [1.54, 1.807) is 13.8 Å². The van der Waals surface area contributed by atoms with Crippen molar-refractivity contribution in [1.82, 2.24) is 20.9 Å². The Morgan fingerprint density at radius 2 is 2.12 bits per heavy atom. The lowest BCUT2D eigenvalue weighted by Gasteiger charge is -2.26. The number of carbonyl (C=O) groups is 3. The molecule has 3 atom stereocenters. The van der Waals surface area contributed by atoms with Gasteiger partial charge >= 0.3 is 18.0 Å². The van der Waals surface area contributed by atoms with Crippen molar-refractivity contribution in [2.75, 3.05) is 6.61 Å². The highest BCUT2D eigenvalue weighted by Gasteiger charge is 2.48. The van der Waals surface area contributed by atoms with E-state index in [-0.39, 0.29) is 12.6 Å². The van der Waals surface area contributed by atoms with Crippen LogP contribution in [0.25, 0.3) is 0 Å². The number of nitrogens with zero attached hydrogens (tertiary/aromatic N) is 1. The van der Waals surface area contributed by atoms with Gasteiger partial charge in [-0.2, -0.15) is 0 Å². The van der Waals surface area contributed by atoms with Gasteiger partial charge in [0.1, 0.15) is 18.4 Å². The second kappa shape index (κ2) is 4.11. The molecule has 4 amide bonds. The Bertz CT molecular complexity index is 372. The number of urea groups is 2. The van der Waals surface area contributed by atoms with Crippen LogP contribution in [-0.4, -0.2) is 47.9 Å². The quantitative estimate of drug-likeness (QED) is 0.548. The van der Waals surface area contributed by atoms with Crippen molar-refractivity contribution in [2.45, 2.75) is 32.2 Å². The Morgan fingerprint density at radius 3 is 2.76 bits per heavy atom. The summed E-state index contributed by atoms with van der Waals surface area (Å²) in [7, 11) is 0. The fourth-order valence-electron chi connectivity index (χ4n) is 1.95. The summed E-state index contributed by atoms with van der Waals surface area (Å²) in [6, 6.07) is -1.53. The van der Waals surface area contributed by atoms with Crippen molar-refractivity contribution in [3.05, 3.63) is 0 Å². The molecule has 0 aromatic carbocycles. The second-order valence-electron chi connectivity index (χ2n) is 3.83. The fourth-order valence-corrected chi connectivity index (χ4v) is 1.95. The van der Waals surface area contributed by atoms with Crippen LogP contribution in [0, 0.1) is 0 Å². The molecule has 0 bridgehead atoms. The number of nitrogens with one attached hydrogen (secondary N) is 3. The maximum atomic E-state index is 11.7. The summed E-state index contributed by atoms with van der Waals surface area (Å²) in [5.74, 6) is -0.496. The molecule has 2 fully saturated rings. The summed E-state index contributed by atoms with van der Waals surface area (Å²) in [5.41, 5.74) is 0. The van der Waals surface area contributed by atoms with Crippen LogP contribution in [0.15, 0.2) is 0 Å². The van der Waals surface area contributed by atoms with Gasteiger partial charge in [-0.3, -0.25) is 4.90 Å². The van der Waals surface area contributed by atoms with Gasteiger partial charge in [-0.15, -0.1) is 0 Å². The zero-order valence-electron chi connectivity index (χ0n) is 9.52. The molecule has 8 nitrogen and oxygen atoms in total. The first-order valence-corrected chi connectivity index (χ1v) is 5.37. The maximum Gasteiger partial charge on any atom is 0.328 e. The molecule has 0 aromatic rings. The van der Waals surface area contributed by atoms with Gasteiger partial charge in [-0.1, -0.05) is 0 Å². The molecule has 0 aliphatic carbocycles. The Morgan fingerprint density at radius 1 is 1.41 bits per heavy atom. The van der Waals surface area contributed by atoms with Gasteiger partial charge in [0.2, 0.25) is 0 Å². The topological polar surface area (TPSA) is 99.8 Å². The molecule has 17 heavy (non-hydrogen) atoms. The van der Waals surface area contributed by atoms with E-state index in [0.717, 1.165) is 0 Å². The average molecular weight is 242 g/mol. The molecular formula is C9H14N4O4. The summed E-state index contributed by atoms with van der Waals surface area (Å²) in [6.07, 6.45) is -1.07. The smallest absolute Gasteiger partial charge is 0.328 e. The normalized spacial score (nSPS) is 28.0. The molecule has 2 aliphatic heterocycles. The number of fused-ring (bicyclic) bond motifs is 1. The second-order valence-corrected chi connectivity index (χ2v) is 3.83. The Labute approximate surface area is 97.7 Å². The van der Waals surface area contributed by atoms with Gasteiger partial charge in [0.25, 0.3) is 0 Å². The summed E-state index contributed by atoms with van der Waals surface area (Å²) >= 11 is 0. The molecule has 94 valence electrons. The van der Waals surface area contributed by atoms with Gasteiger partial charge in [0.15, 0.2) is 0 Å². The third kappa shape index (κ3) is 1.85. The Hall–Kier alpha value is -1.99. The zero-order chi connectivity index (χ0) is 12.6. The molecule has 2 saturated heterocycles. The third-order valence-corrected chi connectivity index (χ3v) is 2.74. The van der Waals surface area contributed by atoms with Crippen molar-refractivity contribution in [1.29, 1.82) is 0 Å². The summed E-state index contributed by atoms with van der Waals surface area (Å²) < 4.78 is 4.85. The summed E-state index contributed by atoms with van der Waals surface area (Å²) in [5, 5.41) is 7.64. The first kappa shape index (κ1) is 11.5. The van der Waals surface area contributed by atoms with Crippen LogP contribution in [-0.2, 0) is 9.53 Å². The molecule has 2 aliphatic rings. The van der Waals surface area contributed by atoms with E-state index in [4.69, 9.17) is 4.74 Å². The van der Waals surface area contributed by atoms with Crippen LogP contribution in [0.1, 0.15) is 13.8 Å². The minimum absolute atomic E-state index is 0.247. The number of carbonyl (C=O) groups excluding carboxylic acids is 3. The monoisotopic (exact) mass is 242 g/mol. The molecule has 3 N–H and O–H groups in total. The van der Waals surface area contributed by atoms with Gasteiger partial charge in [0.05, 0.1) is 6.61 Å². The van der Waals surface area contributed by atoms with Gasteiger partial charge < -0.3 is 20.7 Å². The first-order valence-electron chi connectivity index (χ1n) is 5.37. The Kier molecular flexibility index (Phi) is 2.78. The van der Waals surface area contributed by atoms with E-state index >= 15 is 0 Å². The van der Waals surface area contributed by atoms with E-state index in [2.05, 4.69) is 16.0 Å². The number of rotatable bonds is 3. The molecule has 0 radical (unpaired) electrons. The molecule has 2 rings (SSSR count). The lowest BCUT2D eigenvalue weighted by molar-refractivity contribution is -0.148. The molecule has 8 heteroatoms. The van der Waals surface area contributed by atoms with Crippen LogP contribution in [0.4, 0.5) is 9.59 Å². The largest absolute Gasteiger partial charge is 0.464 e. The van der Waals surface area contributed by atoms with E-state index in [0.29, 0.717) is 0 Å². The van der Waals surface area contributed by atoms with E-state index in [1.165, 1.54) is 4.90 Å². The minimum atomic E-state index is -0.745. The third-order valence-electron chi connectivity index (χ3n) is 2.74. The molecule has 0 saturated carbocycles. The molecule has 2 heterocycles. The van der Waals surface area contributed by atoms with Crippen molar-refractivity contribution >= 4 is 18.0 Å². The van der Waals surface area contributed by atoms with Crippen LogP contribution in [0.5, 0.6) is 0 Å². The Balaban J connectivity index is 2.11. The van der Waals surface area contributed by atoms with Crippen molar-refractivity contribution in [3.8, 4) is 0 Å². The summed E-state index contributed by atoms with van der Waals surface area (Å²) in [4.78, 5) is 35.6. The van der Waals surface area contributed by atoms with Crippen LogP contribution >= 0.6 is 0 Å². The first-order chi connectivity index (χ1) is 8.04.